The van der Waals surface area contributed by atoms with Crippen molar-refractivity contribution in [1.29, 1.82) is 0 Å². The van der Waals surface area contributed by atoms with Crippen LogP contribution in [0.15, 0.2) is 60.8 Å². The Bertz CT molecular complexity index is 1320. The number of nitrogens with zero attached hydrogens (tertiary/aromatic N) is 3. The van der Waals surface area contributed by atoms with Gasteiger partial charge in [0, 0.05) is 28.4 Å². The summed E-state index contributed by atoms with van der Waals surface area (Å²) < 4.78 is 28.3. The van der Waals surface area contributed by atoms with Gasteiger partial charge in [-0.05, 0) is 36.5 Å². The molecule has 1 aliphatic heterocycles. The molecule has 2 aromatic carbocycles. The standard InChI is InChI=1S/C24H22N3/c1-16-11-12-20-24(25-22-10-7-13-27(20)22)23(16)21-14-19(17(2)15-26(21)3)18-8-5-4-6-9-18/h4-9,11-15H,10H2,1-3H3/q+1/i2D3. The normalized spacial score (nSPS) is 14.8. The summed E-state index contributed by atoms with van der Waals surface area (Å²) in [5, 5.41) is 0. The molecule has 132 valence electrons. The van der Waals surface area contributed by atoms with Crippen LogP contribution in [0.25, 0.3) is 39.6 Å². The van der Waals surface area contributed by atoms with Crippen molar-refractivity contribution in [3.8, 4) is 22.4 Å². The van der Waals surface area contributed by atoms with E-state index in [0.717, 1.165) is 51.2 Å². The summed E-state index contributed by atoms with van der Waals surface area (Å²) in [7, 11) is 1.90. The van der Waals surface area contributed by atoms with E-state index in [-0.39, 0.29) is 0 Å². The number of allylic oxidation sites excluding steroid dienone is 1. The van der Waals surface area contributed by atoms with Crippen molar-refractivity contribution in [2.45, 2.75) is 20.2 Å². The number of pyridine rings is 1. The molecule has 0 spiro atoms. The van der Waals surface area contributed by atoms with E-state index < -0.39 is 6.85 Å². The molecule has 0 atom stereocenters. The minimum atomic E-state index is -2.21. The number of hydrogen-bond donors (Lipinski definition) is 0. The molecule has 3 nitrogen and oxygen atoms in total. The second-order valence-electron chi connectivity index (χ2n) is 7.08. The van der Waals surface area contributed by atoms with E-state index in [0.29, 0.717) is 5.56 Å². The summed E-state index contributed by atoms with van der Waals surface area (Å²) in [5.74, 6) is 1.03. The van der Waals surface area contributed by atoms with Gasteiger partial charge >= 0.3 is 0 Å². The van der Waals surface area contributed by atoms with Crippen LogP contribution in [0, 0.1) is 13.8 Å². The third-order valence-corrected chi connectivity index (χ3v) is 5.31. The Labute approximate surface area is 163 Å². The Morgan fingerprint density at radius 1 is 1.11 bits per heavy atom. The van der Waals surface area contributed by atoms with Gasteiger partial charge in [-0.15, -0.1) is 0 Å². The molecule has 4 aromatic rings. The molecule has 2 aromatic heterocycles. The molecule has 0 saturated carbocycles. The molecule has 0 amide bonds. The minimum absolute atomic E-state index is 0.347. The molecule has 0 fully saturated rings. The minimum Gasteiger partial charge on any atom is -0.303 e. The fourth-order valence-corrected chi connectivity index (χ4v) is 3.96. The highest BCUT2D eigenvalue weighted by Gasteiger charge is 2.23. The van der Waals surface area contributed by atoms with Crippen molar-refractivity contribution >= 4 is 17.2 Å². The van der Waals surface area contributed by atoms with Gasteiger partial charge in [0.1, 0.15) is 18.4 Å². The van der Waals surface area contributed by atoms with Crippen LogP contribution >= 0.6 is 0 Å². The molecule has 0 saturated heterocycles. The number of hydrogen-bond acceptors (Lipinski definition) is 1. The van der Waals surface area contributed by atoms with E-state index in [1.54, 1.807) is 6.20 Å². The molecule has 0 bridgehead atoms. The first-order valence-corrected chi connectivity index (χ1v) is 9.11. The second kappa shape index (κ2) is 5.92. The Morgan fingerprint density at radius 2 is 1.96 bits per heavy atom. The number of benzene rings is 2. The van der Waals surface area contributed by atoms with Crippen molar-refractivity contribution in [1.82, 2.24) is 9.55 Å². The van der Waals surface area contributed by atoms with E-state index in [1.807, 2.05) is 48.0 Å². The molecule has 3 heterocycles. The van der Waals surface area contributed by atoms with Crippen LogP contribution < -0.4 is 4.57 Å². The molecule has 3 heteroatoms. The molecule has 0 N–H and O–H groups in total. The molecule has 1 aliphatic rings. The summed E-state index contributed by atoms with van der Waals surface area (Å²) in [6.45, 7) is -0.127. The van der Waals surface area contributed by atoms with E-state index in [4.69, 9.17) is 9.10 Å². The third kappa shape index (κ3) is 2.42. The first-order valence-electron chi connectivity index (χ1n) is 10.6. The fraction of sp³-hybridized carbons (Fsp3) is 0.167. The Kier molecular flexibility index (Phi) is 2.86. The molecule has 0 radical (unpaired) electrons. The van der Waals surface area contributed by atoms with Crippen molar-refractivity contribution in [3.05, 3.63) is 77.8 Å². The highest BCUT2D eigenvalue weighted by molar-refractivity contribution is 5.94. The van der Waals surface area contributed by atoms with Crippen molar-refractivity contribution in [3.63, 3.8) is 0 Å². The van der Waals surface area contributed by atoms with Crippen LogP contribution in [0.5, 0.6) is 0 Å². The van der Waals surface area contributed by atoms with Crippen LogP contribution in [-0.2, 0) is 13.5 Å². The fourth-order valence-electron chi connectivity index (χ4n) is 3.96. The smallest absolute Gasteiger partial charge is 0.215 e. The number of fused-ring (bicyclic) bond motifs is 3. The first kappa shape index (κ1) is 13.0. The molecule has 27 heavy (non-hydrogen) atoms. The van der Waals surface area contributed by atoms with Crippen LogP contribution in [0.2, 0.25) is 0 Å². The summed E-state index contributed by atoms with van der Waals surface area (Å²) in [6, 6.07) is 15.9. The lowest BCUT2D eigenvalue weighted by Crippen LogP contribution is -2.31. The van der Waals surface area contributed by atoms with Gasteiger partial charge in [-0.2, -0.15) is 0 Å². The Morgan fingerprint density at radius 3 is 2.78 bits per heavy atom. The van der Waals surface area contributed by atoms with Gasteiger partial charge in [-0.1, -0.05) is 42.5 Å². The van der Waals surface area contributed by atoms with E-state index in [2.05, 4.69) is 35.9 Å². The molecular weight excluding hydrogens is 330 g/mol. The van der Waals surface area contributed by atoms with Gasteiger partial charge in [-0.3, -0.25) is 0 Å². The lowest BCUT2D eigenvalue weighted by atomic mass is 9.96. The second-order valence-corrected chi connectivity index (χ2v) is 7.08. The summed E-state index contributed by atoms with van der Waals surface area (Å²) in [6.07, 6.45) is 6.75. The maximum Gasteiger partial charge on any atom is 0.215 e. The quantitative estimate of drug-likeness (QED) is 0.472. The molecule has 0 unspecified atom stereocenters. The van der Waals surface area contributed by atoms with Gasteiger partial charge in [0.05, 0.1) is 11.1 Å². The maximum absolute atomic E-state index is 8.07. The monoisotopic (exact) mass is 355 g/mol. The van der Waals surface area contributed by atoms with Gasteiger partial charge in [0.2, 0.25) is 5.69 Å². The van der Waals surface area contributed by atoms with Crippen LogP contribution in [0.1, 0.15) is 21.1 Å². The molecular formula is C24H22N3+. The van der Waals surface area contributed by atoms with Crippen LogP contribution in [-0.4, -0.2) is 9.55 Å². The predicted molar refractivity (Wildman–Crippen MR) is 110 cm³/mol. The zero-order valence-electron chi connectivity index (χ0n) is 18.4. The van der Waals surface area contributed by atoms with Gasteiger partial charge in [0.15, 0.2) is 6.20 Å². The van der Waals surface area contributed by atoms with E-state index in [1.165, 1.54) is 0 Å². The zero-order chi connectivity index (χ0) is 21.0. The summed E-state index contributed by atoms with van der Waals surface area (Å²) in [4.78, 5) is 4.92. The van der Waals surface area contributed by atoms with E-state index in [9.17, 15) is 0 Å². The van der Waals surface area contributed by atoms with E-state index >= 15 is 0 Å². The average Bonchev–Trinajstić information content (AvgIpc) is 3.29. The Hall–Kier alpha value is -3.20. The molecule has 5 rings (SSSR count). The van der Waals surface area contributed by atoms with Crippen molar-refractivity contribution < 1.29 is 8.68 Å². The number of rotatable bonds is 2. The maximum atomic E-state index is 8.07. The number of aryl methyl sites for hydroxylation is 3. The highest BCUT2D eigenvalue weighted by atomic mass is 15.1. The summed E-state index contributed by atoms with van der Waals surface area (Å²) >= 11 is 0. The highest BCUT2D eigenvalue weighted by Crippen LogP contribution is 2.34. The largest absolute Gasteiger partial charge is 0.303 e. The third-order valence-electron chi connectivity index (χ3n) is 5.31. The van der Waals surface area contributed by atoms with Gasteiger partial charge < -0.3 is 4.57 Å². The van der Waals surface area contributed by atoms with Crippen molar-refractivity contribution in [2.75, 3.05) is 0 Å². The lowest BCUT2D eigenvalue weighted by Gasteiger charge is -2.10. The predicted octanol–water partition coefficient (Wildman–Crippen LogP) is 4.84. The number of imidazole rings is 1. The first-order chi connectivity index (χ1) is 14.3. The summed E-state index contributed by atoms with van der Waals surface area (Å²) in [5.41, 5.74) is 7.09. The van der Waals surface area contributed by atoms with Gasteiger partial charge in [-0.25, -0.2) is 9.55 Å². The van der Waals surface area contributed by atoms with Crippen molar-refractivity contribution in [2.24, 2.45) is 7.05 Å². The Balaban J connectivity index is 1.83. The van der Waals surface area contributed by atoms with Crippen LogP contribution in [0.3, 0.4) is 0 Å². The molecule has 0 aliphatic carbocycles. The number of aromatic nitrogens is 3. The van der Waals surface area contributed by atoms with Gasteiger partial charge in [0.25, 0.3) is 0 Å². The zero-order valence-corrected chi connectivity index (χ0v) is 15.4. The lowest BCUT2D eigenvalue weighted by molar-refractivity contribution is -0.660. The van der Waals surface area contributed by atoms with Crippen LogP contribution in [0.4, 0.5) is 0 Å². The average molecular weight is 355 g/mol. The SMILES string of the molecule is [2H]C([2H])([2H])c1c[n+](C)c(-c2c(C)ccc3c2nc2n3C=CC2)cc1-c1ccccc1. The topological polar surface area (TPSA) is 21.7 Å².